The Balaban J connectivity index is 2.19. The summed E-state index contributed by atoms with van der Waals surface area (Å²) in [6, 6.07) is 0. The van der Waals surface area contributed by atoms with Crippen molar-refractivity contribution in [1.82, 2.24) is 9.62 Å². The van der Waals surface area contributed by atoms with Gasteiger partial charge in [-0.1, -0.05) is 0 Å². The first-order valence-corrected chi connectivity index (χ1v) is 9.00. The summed E-state index contributed by atoms with van der Waals surface area (Å²) < 4.78 is 29.5. The molecule has 0 aliphatic carbocycles. The summed E-state index contributed by atoms with van der Waals surface area (Å²) in [5.74, 6) is 0.402. The van der Waals surface area contributed by atoms with Crippen LogP contribution in [0.15, 0.2) is 0 Å². The predicted molar refractivity (Wildman–Crippen MR) is 78.1 cm³/mol. The van der Waals surface area contributed by atoms with Crippen LogP contribution in [0.5, 0.6) is 0 Å². The highest BCUT2D eigenvalue weighted by Crippen LogP contribution is 2.17. The second-order valence-electron chi connectivity index (χ2n) is 5.17. The molecule has 0 spiro atoms. The molecule has 114 valence electrons. The number of alkyl halides is 1. The molecular weight excluding hydrogens is 288 g/mol. The van der Waals surface area contributed by atoms with Gasteiger partial charge in [-0.3, -0.25) is 0 Å². The third-order valence-electron chi connectivity index (χ3n) is 3.37. The van der Waals surface area contributed by atoms with Crippen molar-refractivity contribution < 1.29 is 13.2 Å². The molecule has 1 rings (SSSR count). The average molecular weight is 313 g/mol. The Labute approximate surface area is 121 Å². The molecule has 1 heterocycles. The highest BCUT2D eigenvalue weighted by molar-refractivity contribution is 7.88. The number of rotatable bonds is 8. The van der Waals surface area contributed by atoms with E-state index in [1.165, 1.54) is 6.26 Å². The molecule has 7 heteroatoms. The molecule has 1 saturated heterocycles. The zero-order valence-electron chi connectivity index (χ0n) is 11.8. The van der Waals surface area contributed by atoms with Gasteiger partial charge < -0.3 is 10.1 Å². The van der Waals surface area contributed by atoms with E-state index in [0.29, 0.717) is 25.6 Å². The zero-order valence-corrected chi connectivity index (χ0v) is 13.3. The fraction of sp³-hybridized carbons (Fsp3) is 1.00. The fourth-order valence-electron chi connectivity index (χ4n) is 2.32. The minimum atomic E-state index is -3.04. The van der Waals surface area contributed by atoms with E-state index in [4.69, 9.17) is 16.3 Å². The molecule has 2 unspecified atom stereocenters. The van der Waals surface area contributed by atoms with Crippen molar-refractivity contribution >= 4 is 21.6 Å². The van der Waals surface area contributed by atoms with Crippen LogP contribution in [0.3, 0.4) is 0 Å². The molecule has 5 nitrogen and oxygen atoms in total. The van der Waals surface area contributed by atoms with Gasteiger partial charge in [-0.15, -0.1) is 11.6 Å². The summed E-state index contributed by atoms with van der Waals surface area (Å²) in [5.41, 5.74) is 0. The van der Waals surface area contributed by atoms with Gasteiger partial charge in [0.05, 0.1) is 18.2 Å². The summed E-state index contributed by atoms with van der Waals surface area (Å²) in [4.78, 5) is 0. The summed E-state index contributed by atoms with van der Waals surface area (Å²) >= 11 is 6.03. The first-order chi connectivity index (χ1) is 8.93. The Morgan fingerprint density at radius 2 is 2.26 bits per heavy atom. The number of halogens is 1. The summed E-state index contributed by atoms with van der Waals surface area (Å²) in [7, 11) is -1.40. The van der Waals surface area contributed by atoms with E-state index in [0.717, 1.165) is 32.4 Å². The molecule has 1 aliphatic heterocycles. The van der Waals surface area contributed by atoms with E-state index >= 15 is 0 Å². The van der Waals surface area contributed by atoms with E-state index in [1.54, 1.807) is 11.4 Å². The number of hydrogen-bond acceptors (Lipinski definition) is 4. The van der Waals surface area contributed by atoms with Crippen LogP contribution in [0.4, 0.5) is 0 Å². The summed E-state index contributed by atoms with van der Waals surface area (Å²) in [6.45, 7) is 3.55. The van der Waals surface area contributed by atoms with Crippen molar-refractivity contribution in [2.24, 2.45) is 5.92 Å². The van der Waals surface area contributed by atoms with Crippen LogP contribution >= 0.6 is 11.6 Å². The number of sulfonamides is 1. The molecule has 0 aromatic carbocycles. The number of ether oxygens (including phenoxy) is 1. The van der Waals surface area contributed by atoms with Crippen molar-refractivity contribution in [3.05, 3.63) is 0 Å². The Bertz CT molecular complexity index is 351. The van der Waals surface area contributed by atoms with Crippen LogP contribution in [-0.4, -0.2) is 64.3 Å². The van der Waals surface area contributed by atoms with Gasteiger partial charge in [-0.2, -0.15) is 0 Å². The summed E-state index contributed by atoms with van der Waals surface area (Å²) in [6.07, 6.45) is 4.17. The third kappa shape index (κ3) is 6.90. The number of nitrogens with one attached hydrogen (secondary N) is 1. The van der Waals surface area contributed by atoms with Gasteiger partial charge in [-0.25, -0.2) is 12.7 Å². The quantitative estimate of drug-likeness (QED) is 0.534. The molecule has 1 aliphatic rings. The van der Waals surface area contributed by atoms with Crippen molar-refractivity contribution in [1.29, 1.82) is 0 Å². The second-order valence-corrected chi connectivity index (χ2v) is 7.77. The topological polar surface area (TPSA) is 58.6 Å². The van der Waals surface area contributed by atoms with E-state index in [-0.39, 0.29) is 5.38 Å². The van der Waals surface area contributed by atoms with E-state index in [1.807, 2.05) is 0 Å². The lowest BCUT2D eigenvalue weighted by atomic mass is 10.00. The largest absolute Gasteiger partial charge is 0.383 e. The maximum Gasteiger partial charge on any atom is 0.211 e. The Morgan fingerprint density at radius 3 is 2.89 bits per heavy atom. The van der Waals surface area contributed by atoms with Gasteiger partial charge in [0.15, 0.2) is 0 Å². The fourth-order valence-corrected chi connectivity index (χ4v) is 3.50. The van der Waals surface area contributed by atoms with Crippen molar-refractivity contribution in [2.45, 2.75) is 24.6 Å². The smallest absolute Gasteiger partial charge is 0.211 e. The minimum Gasteiger partial charge on any atom is -0.383 e. The lowest BCUT2D eigenvalue weighted by Crippen LogP contribution is -2.42. The molecule has 0 amide bonds. The Hall–Kier alpha value is 0.120. The second kappa shape index (κ2) is 8.42. The van der Waals surface area contributed by atoms with E-state index < -0.39 is 10.0 Å². The lowest BCUT2D eigenvalue weighted by Gasteiger charge is -2.31. The number of methoxy groups -OCH3 is 1. The van der Waals surface area contributed by atoms with Crippen molar-refractivity contribution in [2.75, 3.05) is 46.2 Å². The van der Waals surface area contributed by atoms with Crippen molar-refractivity contribution in [3.63, 3.8) is 0 Å². The van der Waals surface area contributed by atoms with Gasteiger partial charge in [0.2, 0.25) is 10.0 Å². The van der Waals surface area contributed by atoms with Crippen LogP contribution in [-0.2, 0) is 14.8 Å². The number of nitrogens with zero attached hydrogens (tertiary/aromatic N) is 1. The average Bonchev–Trinajstić information content (AvgIpc) is 2.34. The molecule has 0 saturated carbocycles. The van der Waals surface area contributed by atoms with Crippen LogP contribution in [0.25, 0.3) is 0 Å². The molecule has 2 atom stereocenters. The SMILES string of the molecule is COCC(Cl)CCNCC1CCCN(S(C)(=O)=O)C1. The molecule has 1 fully saturated rings. The normalized spacial score (nSPS) is 23.4. The minimum absolute atomic E-state index is 0.0383. The molecule has 1 N–H and O–H groups in total. The Kier molecular flexibility index (Phi) is 7.61. The van der Waals surface area contributed by atoms with Crippen LogP contribution in [0.1, 0.15) is 19.3 Å². The van der Waals surface area contributed by atoms with Gasteiger partial charge in [0.25, 0.3) is 0 Å². The molecule has 0 aromatic heterocycles. The standard InChI is InChI=1S/C12H25ClN2O3S/c1-18-10-12(13)5-6-14-8-11-4-3-7-15(9-11)19(2,16)17/h11-12,14H,3-10H2,1-2H3. The zero-order chi connectivity index (χ0) is 14.3. The highest BCUT2D eigenvalue weighted by atomic mass is 35.5. The number of piperidine rings is 1. The van der Waals surface area contributed by atoms with Gasteiger partial charge >= 0.3 is 0 Å². The molecule has 0 radical (unpaired) electrons. The first-order valence-electron chi connectivity index (χ1n) is 6.72. The predicted octanol–water partition coefficient (Wildman–Crippen LogP) is 0.892. The van der Waals surface area contributed by atoms with E-state index in [2.05, 4.69) is 5.32 Å². The van der Waals surface area contributed by atoms with Crippen LogP contribution < -0.4 is 5.32 Å². The molecule has 19 heavy (non-hydrogen) atoms. The van der Waals surface area contributed by atoms with Gasteiger partial charge in [-0.05, 0) is 38.3 Å². The van der Waals surface area contributed by atoms with Crippen LogP contribution in [0.2, 0.25) is 0 Å². The first kappa shape index (κ1) is 17.2. The highest BCUT2D eigenvalue weighted by Gasteiger charge is 2.25. The van der Waals surface area contributed by atoms with E-state index in [9.17, 15) is 8.42 Å². The van der Waals surface area contributed by atoms with Crippen LogP contribution in [0, 0.1) is 5.92 Å². The van der Waals surface area contributed by atoms with Gasteiger partial charge in [0.1, 0.15) is 0 Å². The lowest BCUT2D eigenvalue weighted by molar-refractivity contribution is 0.194. The molecule has 0 bridgehead atoms. The maximum absolute atomic E-state index is 11.5. The van der Waals surface area contributed by atoms with Crippen molar-refractivity contribution in [3.8, 4) is 0 Å². The third-order valence-corrected chi connectivity index (χ3v) is 4.98. The molecular formula is C12H25ClN2O3S. The monoisotopic (exact) mass is 312 g/mol. The Morgan fingerprint density at radius 1 is 1.53 bits per heavy atom. The summed E-state index contributed by atoms with van der Waals surface area (Å²) in [5, 5.41) is 3.39. The van der Waals surface area contributed by atoms with Gasteiger partial charge in [0, 0.05) is 20.2 Å². The maximum atomic E-state index is 11.5. The number of hydrogen-bond donors (Lipinski definition) is 1. The molecule has 0 aromatic rings.